The van der Waals surface area contributed by atoms with E-state index in [1.165, 1.54) is 18.7 Å². The fraction of sp³-hybridized carbons (Fsp3) is 0.444. The lowest BCUT2D eigenvalue weighted by Gasteiger charge is -2.00. The molecule has 0 bridgehead atoms. The van der Waals surface area contributed by atoms with E-state index >= 15 is 0 Å². The van der Waals surface area contributed by atoms with Crippen molar-refractivity contribution in [2.45, 2.75) is 20.3 Å². The Bertz CT molecular complexity index is 253. The maximum absolute atomic E-state index is 9.08. The largest absolute Gasteiger partial charge is 0.504 e. The monoisotopic (exact) mass is 202 g/mol. The fourth-order valence-electron chi connectivity index (χ4n) is 0.621. The molecule has 0 saturated heterocycles. The molecule has 1 aromatic heterocycles. The molecule has 74 valence electrons. The lowest BCUT2D eigenvalue weighted by Crippen LogP contribution is -1.91. The van der Waals surface area contributed by atoms with Crippen molar-refractivity contribution >= 4 is 17.4 Å². The third-order valence-corrected chi connectivity index (χ3v) is 1.28. The Morgan fingerprint density at radius 2 is 2.08 bits per heavy atom. The molecular weight excluding hydrogens is 188 g/mol. The molecule has 1 aromatic rings. The number of pyridine rings is 1. The van der Waals surface area contributed by atoms with Gasteiger partial charge in [0.05, 0.1) is 5.02 Å². The first-order chi connectivity index (χ1) is 6.15. The quantitative estimate of drug-likeness (QED) is 0.736. The van der Waals surface area contributed by atoms with Crippen LogP contribution in [0.25, 0.3) is 0 Å². The minimum atomic E-state index is 0.0648. The minimum Gasteiger partial charge on any atom is -0.504 e. The molecule has 0 amide bonds. The number of halogens is 1. The molecule has 4 heteroatoms. The van der Waals surface area contributed by atoms with E-state index in [4.69, 9.17) is 16.7 Å². The summed E-state index contributed by atoms with van der Waals surface area (Å²) in [5, 5.41) is 12.2. The number of hydrogen-bond acceptors (Lipinski definition) is 3. The van der Waals surface area contributed by atoms with Gasteiger partial charge >= 0.3 is 0 Å². The van der Waals surface area contributed by atoms with Gasteiger partial charge in [0, 0.05) is 19.3 Å². The summed E-state index contributed by atoms with van der Waals surface area (Å²) in [6.45, 7) is 4.25. The van der Waals surface area contributed by atoms with Crippen molar-refractivity contribution < 1.29 is 5.11 Å². The summed E-state index contributed by atoms with van der Waals surface area (Å²) in [5.74, 6) is 0.499. The molecule has 2 N–H and O–H groups in total. The number of rotatable bonds is 1. The van der Waals surface area contributed by atoms with Crippen LogP contribution in [0.15, 0.2) is 12.3 Å². The summed E-state index contributed by atoms with van der Waals surface area (Å²) < 4.78 is 0. The highest BCUT2D eigenvalue weighted by molar-refractivity contribution is 6.30. The molecule has 0 saturated carbocycles. The molecule has 0 radical (unpaired) electrons. The average molecular weight is 203 g/mol. The van der Waals surface area contributed by atoms with Crippen molar-refractivity contribution in [3.63, 3.8) is 0 Å². The highest BCUT2D eigenvalue weighted by Gasteiger charge is 1.98. The first-order valence-corrected chi connectivity index (χ1v) is 4.55. The van der Waals surface area contributed by atoms with Crippen LogP contribution in [0.5, 0.6) is 5.75 Å². The van der Waals surface area contributed by atoms with E-state index in [0.717, 1.165) is 0 Å². The summed E-state index contributed by atoms with van der Waals surface area (Å²) in [6.07, 6.45) is 2.72. The number of anilines is 1. The highest BCUT2D eigenvalue weighted by Crippen LogP contribution is 2.22. The average Bonchev–Trinajstić information content (AvgIpc) is 2.06. The Morgan fingerprint density at radius 3 is 2.46 bits per heavy atom. The van der Waals surface area contributed by atoms with Crippen molar-refractivity contribution in [1.29, 1.82) is 0 Å². The molecular formula is C9H15ClN2O. The smallest absolute Gasteiger partial charge is 0.168 e. The number of aromatic hydroxyl groups is 1. The van der Waals surface area contributed by atoms with E-state index in [2.05, 4.69) is 24.1 Å². The summed E-state index contributed by atoms with van der Waals surface area (Å²) >= 11 is 5.52. The molecule has 1 rings (SSSR count). The van der Waals surface area contributed by atoms with Crippen LogP contribution in [-0.4, -0.2) is 17.1 Å². The van der Waals surface area contributed by atoms with Gasteiger partial charge in [0.15, 0.2) is 11.6 Å². The van der Waals surface area contributed by atoms with Gasteiger partial charge < -0.3 is 10.4 Å². The summed E-state index contributed by atoms with van der Waals surface area (Å²) in [6, 6.07) is 1.43. The van der Waals surface area contributed by atoms with Crippen LogP contribution in [0.2, 0.25) is 5.02 Å². The zero-order chi connectivity index (χ0) is 10.3. The minimum absolute atomic E-state index is 0.0648. The zero-order valence-electron chi connectivity index (χ0n) is 8.13. The number of nitrogens with one attached hydrogen (secondary N) is 1. The molecule has 13 heavy (non-hydrogen) atoms. The number of aromatic nitrogens is 1. The van der Waals surface area contributed by atoms with Crippen molar-refractivity contribution in [1.82, 2.24) is 4.98 Å². The first-order valence-electron chi connectivity index (χ1n) is 4.17. The van der Waals surface area contributed by atoms with E-state index in [0.29, 0.717) is 10.8 Å². The Hall–Kier alpha value is -0.960. The van der Waals surface area contributed by atoms with E-state index in [-0.39, 0.29) is 5.75 Å². The second-order valence-corrected chi connectivity index (χ2v) is 2.91. The van der Waals surface area contributed by atoms with Gasteiger partial charge in [-0.15, -0.1) is 0 Å². The van der Waals surface area contributed by atoms with Gasteiger partial charge in [0.25, 0.3) is 0 Å². The Morgan fingerprint density at radius 1 is 1.54 bits per heavy atom. The molecule has 0 aromatic carbocycles. The molecule has 0 aliphatic carbocycles. The molecule has 0 unspecified atom stereocenters. The van der Waals surface area contributed by atoms with Crippen LogP contribution in [0.3, 0.4) is 0 Å². The van der Waals surface area contributed by atoms with Gasteiger partial charge in [-0.05, 0) is 0 Å². The summed E-state index contributed by atoms with van der Waals surface area (Å²) in [7, 11) is 1.68. The lowest BCUT2D eigenvalue weighted by atomic mass is 10.4. The van der Waals surface area contributed by atoms with Crippen LogP contribution in [0.4, 0.5) is 5.82 Å². The lowest BCUT2D eigenvalue weighted by molar-refractivity contribution is 0.475. The molecule has 1 heterocycles. The van der Waals surface area contributed by atoms with Crippen molar-refractivity contribution in [3.05, 3.63) is 17.3 Å². The Balaban J connectivity index is 0.000000424. The molecule has 0 atom stereocenters. The van der Waals surface area contributed by atoms with Crippen molar-refractivity contribution in [2.75, 3.05) is 12.4 Å². The van der Waals surface area contributed by atoms with Gasteiger partial charge in [-0.3, -0.25) is 0 Å². The summed E-state index contributed by atoms with van der Waals surface area (Å²) in [4.78, 5) is 3.80. The van der Waals surface area contributed by atoms with E-state index < -0.39 is 0 Å². The van der Waals surface area contributed by atoms with Crippen LogP contribution >= 0.6 is 11.6 Å². The third-order valence-electron chi connectivity index (χ3n) is 1.07. The number of nitrogens with zero attached hydrogens (tertiary/aromatic N) is 1. The molecule has 0 aliphatic heterocycles. The molecule has 3 nitrogen and oxygen atoms in total. The normalized spacial score (nSPS) is 8.62. The first kappa shape index (κ1) is 12.0. The van der Waals surface area contributed by atoms with Gasteiger partial charge in [-0.25, -0.2) is 4.98 Å². The summed E-state index contributed by atoms with van der Waals surface area (Å²) in [5.41, 5.74) is 0. The van der Waals surface area contributed by atoms with Gasteiger partial charge in [-0.2, -0.15) is 0 Å². The SMILES string of the molecule is CCC.CNc1ncc(Cl)cc1O. The second-order valence-electron chi connectivity index (χ2n) is 2.48. The fourth-order valence-corrected chi connectivity index (χ4v) is 0.773. The molecule has 0 aliphatic rings. The van der Waals surface area contributed by atoms with Gasteiger partial charge in [0.1, 0.15) is 0 Å². The predicted molar refractivity (Wildman–Crippen MR) is 56.4 cm³/mol. The zero-order valence-corrected chi connectivity index (χ0v) is 8.89. The van der Waals surface area contributed by atoms with Crippen LogP contribution in [-0.2, 0) is 0 Å². The van der Waals surface area contributed by atoms with E-state index in [9.17, 15) is 0 Å². The topological polar surface area (TPSA) is 45.2 Å². The molecule has 0 fully saturated rings. The maximum atomic E-state index is 9.08. The molecule has 0 spiro atoms. The van der Waals surface area contributed by atoms with Gasteiger partial charge in [0.2, 0.25) is 0 Å². The van der Waals surface area contributed by atoms with Crippen LogP contribution < -0.4 is 5.32 Å². The van der Waals surface area contributed by atoms with E-state index in [1.807, 2.05) is 0 Å². The van der Waals surface area contributed by atoms with Crippen molar-refractivity contribution in [3.8, 4) is 5.75 Å². The predicted octanol–water partition coefficient (Wildman–Crippen LogP) is 2.90. The highest BCUT2D eigenvalue weighted by atomic mass is 35.5. The van der Waals surface area contributed by atoms with Gasteiger partial charge in [-0.1, -0.05) is 31.9 Å². The third kappa shape index (κ3) is 4.58. The second kappa shape index (κ2) is 6.54. The standard InChI is InChI=1S/C6H7ClN2O.C3H8/c1-8-6-5(10)2-4(7)3-9-6;1-3-2/h2-3,10H,1H3,(H,8,9);3H2,1-2H3. The van der Waals surface area contributed by atoms with Crippen LogP contribution in [0, 0.1) is 0 Å². The van der Waals surface area contributed by atoms with Crippen LogP contribution in [0.1, 0.15) is 20.3 Å². The maximum Gasteiger partial charge on any atom is 0.168 e. The number of hydrogen-bond donors (Lipinski definition) is 2. The Labute approximate surface area is 83.8 Å². The van der Waals surface area contributed by atoms with Crippen molar-refractivity contribution in [2.24, 2.45) is 0 Å². The van der Waals surface area contributed by atoms with E-state index in [1.54, 1.807) is 7.05 Å². The Kier molecular flexibility index (Phi) is 6.06.